The minimum Gasteiger partial charge on any atom is -0.340 e. The summed E-state index contributed by atoms with van der Waals surface area (Å²) in [6.45, 7) is 33.8. The monoisotopic (exact) mass is 869 g/mol. The van der Waals surface area contributed by atoms with Crippen molar-refractivity contribution in [2.24, 2.45) is 0 Å². The van der Waals surface area contributed by atoms with E-state index >= 15 is 0 Å². The average molecular weight is 870 g/mol. The van der Waals surface area contributed by atoms with E-state index in [-0.39, 0.29) is 0 Å². The number of hydrogen-bond donors (Lipinski definition) is 8. The van der Waals surface area contributed by atoms with E-state index in [1.807, 2.05) is 18.2 Å². The van der Waals surface area contributed by atoms with Crippen molar-refractivity contribution < 1.29 is 39.2 Å². The molecule has 0 radical (unpaired) electrons. The van der Waals surface area contributed by atoms with Crippen LogP contribution in [0.25, 0.3) is 0 Å². The third-order valence-corrected chi connectivity index (χ3v) is 10.8. The molecule has 4 aromatic carbocycles. The second-order valence-corrected chi connectivity index (χ2v) is 16.5. The Morgan fingerprint density at radius 1 is 0.242 bits per heavy atom. The van der Waals surface area contributed by atoms with Crippen LogP contribution in [0.3, 0.4) is 0 Å². The topological polar surface area (TPSA) is 35.5 Å². The van der Waals surface area contributed by atoms with Gasteiger partial charge in [0.05, 0.1) is 136 Å². The molecule has 0 saturated carbocycles. The zero-order chi connectivity index (χ0) is 48.1. The van der Waals surface area contributed by atoms with Crippen LogP contribution in [0.1, 0.15) is 69.2 Å². The lowest BCUT2D eigenvalue weighted by molar-refractivity contribution is -0.875. The van der Waals surface area contributed by atoms with Gasteiger partial charge in [0.15, 0.2) is 0 Å². The van der Waals surface area contributed by atoms with Crippen molar-refractivity contribution in [1.82, 2.24) is 0 Å². The lowest BCUT2D eigenvalue weighted by atomic mass is 10.3. The van der Waals surface area contributed by atoms with Gasteiger partial charge in [0, 0.05) is 0 Å². The molecule has 0 fully saturated rings. The number of hydrogen-bond acceptors (Lipinski definition) is 0. The van der Waals surface area contributed by atoms with E-state index in [1.54, 1.807) is 9.80 Å². The summed E-state index contributed by atoms with van der Waals surface area (Å²) in [6, 6.07) is 42.1. The first-order chi connectivity index (χ1) is 29.5. The minimum absolute atomic E-state index is 1.14. The summed E-state index contributed by atoms with van der Waals surface area (Å²) in [5, 5.41) is 0. The van der Waals surface area contributed by atoms with Gasteiger partial charge in [-0.15, -0.1) is 0 Å². The summed E-state index contributed by atoms with van der Waals surface area (Å²) in [5.74, 6) is 0. The Morgan fingerprint density at radius 2 is 0.435 bits per heavy atom. The summed E-state index contributed by atoms with van der Waals surface area (Å²) in [7, 11) is 21.6. The first-order valence-electron chi connectivity index (χ1n) is 24.2. The van der Waals surface area contributed by atoms with E-state index in [0.717, 1.165) is 19.6 Å². The number of rotatable bonds is 14. The Kier molecular flexibility index (Phi) is 49.5. The zero-order valence-corrected chi connectivity index (χ0v) is 44.6. The molecule has 0 amide bonds. The van der Waals surface area contributed by atoms with E-state index in [9.17, 15) is 0 Å². The maximum absolute atomic E-state index is 2.21. The van der Waals surface area contributed by atoms with E-state index in [1.165, 1.54) is 98.0 Å². The summed E-state index contributed by atoms with van der Waals surface area (Å²) in [5.41, 5.74) is 5.50. The van der Waals surface area contributed by atoms with Crippen LogP contribution >= 0.6 is 0 Å². The number of benzene rings is 4. The van der Waals surface area contributed by atoms with Gasteiger partial charge in [-0.05, 0) is 118 Å². The van der Waals surface area contributed by atoms with Crippen molar-refractivity contribution in [3.63, 3.8) is 0 Å². The molecule has 0 aliphatic carbocycles. The third-order valence-electron chi connectivity index (χ3n) is 10.8. The van der Waals surface area contributed by atoms with Crippen LogP contribution in [-0.4, -0.2) is 136 Å². The van der Waals surface area contributed by atoms with Gasteiger partial charge in [-0.3, -0.25) is 0 Å². The first kappa shape index (κ1) is 65.2. The second kappa shape index (κ2) is 47.0. The molecule has 8 heteroatoms. The van der Waals surface area contributed by atoms with Gasteiger partial charge < -0.3 is 39.2 Å². The molecule has 8 N–H and O–H groups in total. The Morgan fingerprint density at radius 3 is 0.565 bits per heavy atom. The Hall–Kier alpha value is -3.44. The maximum atomic E-state index is 2.21. The first-order valence-corrected chi connectivity index (χ1v) is 24.2. The molecule has 0 heterocycles. The second-order valence-electron chi connectivity index (χ2n) is 16.5. The summed E-state index contributed by atoms with van der Waals surface area (Å²) >= 11 is 0. The molecule has 0 aliphatic rings. The molecular weight excluding hydrogens is 761 g/mol. The van der Waals surface area contributed by atoms with Gasteiger partial charge in [-0.1, -0.05) is 72.8 Å². The van der Waals surface area contributed by atoms with Gasteiger partial charge >= 0.3 is 0 Å². The van der Waals surface area contributed by atoms with Crippen LogP contribution in [0.5, 0.6) is 0 Å². The number of quaternary nitrogens is 8. The van der Waals surface area contributed by atoms with Crippen molar-refractivity contribution in [2.45, 2.75) is 69.2 Å². The molecule has 356 valence electrons. The van der Waals surface area contributed by atoms with Gasteiger partial charge in [-0.2, -0.15) is 0 Å². The maximum Gasteiger partial charge on any atom is 0.131 e. The van der Waals surface area contributed by atoms with Crippen LogP contribution < -0.4 is 39.2 Å². The average Bonchev–Trinajstić information content (AvgIpc) is 3.33. The largest absolute Gasteiger partial charge is 0.340 e. The smallest absolute Gasteiger partial charge is 0.131 e. The fourth-order valence-corrected chi connectivity index (χ4v) is 4.36. The predicted octanol–water partition coefficient (Wildman–Crippen LogP) is 0.794. The van der Waals surface area contributed by atoms with E-state index in [2.05, 4.69) is 243 Å². The van der Waals surface area contributed by atoms with Crippen LogP contribution in [0, 0.1) is 0 Å². The lowest BCUT2D eigenvalue weighted by Crippen LogP contribution is -3.08. The van der Waals surface area contributed by atoms with Crippen LogP contribution in [0.4, 0.5) is 22.7 Å². The highest BCUT2D eigenvalue weighted by Gasteiger charge is 2.04. The molecule has 0 spiro atoms. The van der Waals surface area contributed by atoms with E-state index < -0.39 is 0 Å². The SMILES string of the molecule is CC[NH+](C)C.CC[NH+](C)C.CC[NH+](C)C.CC[NH+](C)CC.CC[NH+](C)c1ccccc1.CC[NH+](C)c1ccccc1.CC[NH+](C)c1ccccc1.CC[NH+](CC)c1ccccc1. The number of nitrogens with one attached hydrogen (secondary N) is 8. The van der Waals surface area contributed by atoms with Crippen molar-refractivity contribution in [3.8, 4) is 0 Å². The van der Waals surface area contributed by atoms with E-state index in [4.69, 9.17) is 0 Å². The lowest BCUT2D eigenvalue weighted by Gasteiger charge is -2.13. The van der Waals surface area contributed by atoms with Gasteiger partial charge in [-0.25, -0.2) is 0 Å². The quantitative estimate of drug-likeness (QED) is 0.0926. The highest BCUT2D eigenvalue weighted by molar-refractivity contribution is 5.29. The molecule has 3 unspecified atom stereocenters. The fourth-order valence-electron chi connectivity index (χ4n) is 4.36. The van der Waals surface area contributed by atoms with Crippen molar-refractivity contribution >= 4 is 22.7 Å². The Balaban J connectivity index is -0.000000317. The molecule has 3 atom stereocenters. The molecule has 4 aromatic rings. The fraction of sp³-hybridized carbons (Fsp3) is 0.556. The molecule has 62 heavy (non-hydrogen) atoms. The van der Waals surface area contributed by atoms with E-state index in [0.29, 0.717) is 0 Å². The molecule has 4 rings (SSSR count). The molecular formula is C54H108N8+8. The molecule has 0 saturated heterocycles. The standard InChI is InChI=1S/C10H15N.3C9H13N.C5H13N.3C4H11N/c1-3-11(4-2)10-8-6-5-7-9-10;3*1-3-10(2)9-7-5-4-6-8-9;1-4-6(3)5-2;3*1-4-5(2)3/h5-9H,3-4H2,1-2H3;3*4-8H,3H2,1-2H3;4-5H2,1-3H3;3*4H2,1-3H3/p+8. The number of para-hydroxylation sites is 4. The Labute approximate surface area is 387 Å². The van der Waals surface area contributed by atoms with Crippen molar-refractivity contribution in [2.75, 3.05) is 136 Å². The minimum atomic E-state index is 1.14. The normalized spacial score (nSPS) is 11.4. The third kappa shape index (κ3) is 41.9. The zero-order valence-electron chi connectivity index (χ0n) is 44.6. The predicted molar refractivity (Wildman–Crippen MR) is 277 cm³/mol. The van der Waals surface area contributed by atoms with Crippen molar-refractivity contribution in [1.29, 1.82) is 0 Å². The van der Waals surface area contributed by atoms with Crippen LogP contribution in [0.2, 0.25) is 0 Å². The molecule has 0 bridgehead atoms. The summed E-state index contributed by atoms with van der Waals surface area (Å²) in [4.78, 5) is 12.0. The van der Waals surface area contributed by atoms with Crippen LogP contribution in [-0.2, 0) is 0 Å². The van der Waals surface area contributed by atoms with Gasteiger partial charge in [0.1, 0.15) is 22.7 Å². The Bertz CT molecular complexity index is 1250. The molecule has 0 aromatic heterocycles. The van der Waals surface area contributed by atoms with Gasteiger partial charge in [0.25, 0.3) is 0 Å². The van der Waals surface area contributed by atoms with Gasteiger partial charge in [0.2, 0.25) is 0 Å². The van der Waals surface area contributed by atoms with Crippen LogP contribution in [0.15, 0.2) is 121 Å². The summed E-state index contributed by atoms with van der Waals surface area (Å²) < 4.78 is 0. The summed E-state index contributed by atoms with van der Waals surface area (Å²) in [6.07, 6.45) is 0. The highest BCUT2D eigenvalue weighted by atomic mass is 15.1. The van der Waals surface area contributed by atoms with Crippen molar-refractivity contribution in [3.05, 3.63) is 121 Å². The highest BCUT2D eigenvalue weighted by Crippen LogP contribution is 1.99. The molecule has 0 aliphatic heterocycles. The molecule has 8 nitrogen and oxygen atoms in total.